The van der Waals surface area contributed by atoms with Gasteiger partial charge in [-0.2, -0.15) is 0 Å². The second-order valence-electron chi connectivity index (χ2n) is 4.50. The number of carbonyl (C=O) groups excluding carboxylic acids is 1. The first-order valence-corrected chi connectivity index (χ1v) is 8.58. The Labute approximate surface area is 147 Å². The lowest BCUT2D eigenvalue weighted by atomic mass is 10.2. The Hall–Kier alpha value is -1.88. The summed E-state index contributed by atoms with van der Waals surface area (Å²) in [6, 6.07) is 14.1. The second-order valence-corrected chi connectivity index (χ2v) is 6.45. The Bertz CT molecular complexity index is 688. The summed E-state index contributed by atoms with van der Waals surface area (Å²) in [5, 5.41) is 2.65. The summed E-state index contributed by atoms with van der Waals surface area (Å²) in [4.78, 5) is 11.7. The van der Waals surface area contributed by atoms with Crippen molar-refractivity contribution >= 4 is 52.2 Å². The van der Waals surface area contributed by atoms with Gasteiger partial charge in [0.2, 0.25) is 0 Å². The molecule has 0 aromatic heterocycles. The number of nitrogens with one attached hydrogen (secondary N) is 1. The zero-order chi connectivity index (χ0) is 16.7. The molecule has 2 aromatic carbocycles. The molecule has 0 saturated carbocycles. The van der Waals surface area contributed by atoms with Gasteiger partial charge in [0.15, 0.2) is 0 Å². The van der Waals surface area contributed by atoms with Crippen molar-refractivity contribution < 1.29 is 9.00 Å². The molecular weight excluding hydrogens is 353 g/mol. The molecule has 2 rings (SSSR count). The van der Waals surface area contributed by atoms with Crippen LogP contribution in [0.5, 0.6) is 0 Å². The zero-order valence-corrected chi connectivity index (χ0v) is 14.2. The van der Waals surface area contributed by atoms with E-state index in [9.17, 15) is 9.00 Å². The topological polar surface area (TPSA) is 46.2 Å². The zero-order valence-electron chi connectivity index (χ0n) is 11.9. The second kappa shape index (κ2) is 8.67. The van der Waals surface area contributed by atoms with E-state index in [1.165, 1.54) is 11.5 Å². The number of hydrogen-bond acceptors (Lipinski definition) is 2. The Kier molecular flexibility index (Phi) is 6.59. The quantitative estimate of drug-likeness (QED) is 0.795. The van der Waals surface area contributed by atoms with Crippen LogP contribution in [0.25, 0.3) is 12.2 Å². The lowest BCUT2D eigenvalue weighted by Crippen LogP contribution is -2.21. The summed E-state index contributed by atoms with van der Waals surface area (Å²) in [5.74, 6) is -0.445. The molecule has 1 unspecified atom stereocenters. The molecule has 0 aliphatic carbocycles. The minimum atomic E-state index is -1.60. The highest BCUT2D eigenvalue weighted by Crippen LogP contribution is 2.11. The van der Waals surface area contributed by atoms with Crippen molar-refractivity contribution in [3.05, 3.63) is 81.2 Å². The smallest absolute Gasteiger partial charge is 0.255 e. The normalized spacial score (nSPS) is 12.6. The van der Waals surface area contributed by atoms with Gasteiger partial charge in [0.25, 0.3) is 5.91 Å². The molecule has 0 radical (unpaired) electrons. The highest BCUT2D eigenvalue weighted by Gasteiger charge is 1.99. The van der Waals surface area contributed by atoms with Crippen LogP contribution in [0.1, 0.15) is 11.1 Å². The molecule has 1 N–H and O–H groups in total. The lowest BCUT2D eigenvalue weighted by Gasteiger charge is -1.98. The van der Waals surface area contributed by atoms with E-state index in [1.54, 1.807) is 60.7 Å². The molecule has 0 heterocycles. The van der Waals surface area contributed by atoms with Crippen LogP contribution in [0.3, 0.4) is 0 Å². The summed E-state index contributed by atoms with van der Waals surface area (Å²) >= 11 is 11.6. The van der Waals surface area contributed by atoms with Crippen molar-refractivity contribution in [1.29, 1.82) is 0 Å². The van der Waals surface area contributed by atoms with Crippen LogP contribution in [0, 0.1) is 0 Å². The van der Waals surface area contributed by atoms with E-state index in [0.717, 1.165) is 11.1 Å². The molecular formula is C17H13Cl2NO2S. The highest BCUT2D eigenvalue weighted by atomic mass is 35.5. The van der Waals surface area contributed by atoms with Crippen molar-refractivity contribution in [1.82, 2.24) is 4.72 Å². The molecule has 23 heavy (non-hydrogen) atoms. The van der Waals surface area contributed by atoms with E-state index in [2.05, 4.69) is 4.72 Å². The van der Waals surface area contributed by atoms with Gasteiger partial charge in [-0.15, -0.1) is 0 Å². The SMILES string of the molecule is O=C(/C=C/c1ccc(Cl)cc1)NS(=O)/C=C\c1ccc(Cl)cc1. The van der Waals surface area contributed by atoms with E-state index >= 15 is 0 Å². The summed E-state index contributed by atoms with van der Waals surface area (Å²) < 4.78 is 14.1. The number of halogens is 2. The maximum atomic E-state index is 11.8. The molecule has 0 fully saturated rings. The highest BCUT2D eigenvalue weighted by molar-refractivity contribution is 7.86. The molecule has 2 aromatic rings. The average molecular weight is 366 g/mol. The molecule has 1 amide bonds. The summed E-state index contributed by atoms with van der Waals surface area (Å²) in [7, 11) is -1.60. The van der Waals surface area contributed by atoms with Crippen LogP contribution >= 0.6 is 23.2 Å². The fourth-order valence-electron chi connectivity index (χ4n) is 1.63. The van der Waals surface area contributed by atoms with Crippen LogP contribution < -0.4 is 4.72 Å². The van der Waals surface area contributed by atoms with E-state index < -0.39 is 16.9 Å². The van der Waals surface area contributed by atoms with Crippen molar-refractivity contribution in [2.24, 2.45) is 0 Å². The predicted molar refractivity (Wildman–Crippen MR) is 97.3 cm³/mol. The van der Waals surface area contributed by atoms with Gasteiger partial charge in [0, 0.05) is 21.5 Å². The minimum absolute atomic E-state index is 0.445. The number of amides is 1. The Morgan fingerprint density at radius 1 is 0.870 bits per heavy atom. The lowest BCUT2D eigenvalue weighted by molar-refractivity contribution is -0.114. The molecule has 118 valence electrons. The molecule has 1 atom stereocenters. The largest absolute Gasteiger partial charge is 0.269 e. The van der Waals surface area contributed by atoms with Gasteiger partial charge >= 0.3 is 0 Å². The summed E-state index contributed by atoms with van der Waals surface area (Å²) in [5.41, 5.74) is 1.67. The maximum Gasteiger partial charge on any atom is 0.255 e. The maximum absolute atomic E-state index is 11.8. The van der Waals surface area contributed by atoms with Gasteiger partial charge in [-0.3, -0.25) is 9.52 Å². The average Bonchev–Trinajstić information content (AvgIpc) is 2.54. The van der Waals surface area contributed by atoms with Crippen LogP contribution in [-0.2, 0) is 15.8 Å². The van der Waals surface area contributed by atoms with Crippen molar-refractivity contribution in [2.75, 3.05) is 0 Å². The van der Waals surface area contributed by atoms with E-state index in [-0.39, 0.29) is 0 Å². The molecule has 0 aliphatic rings. The fraction of sp³-hybridized carbons (Fsp3) is 0. The standard InChI is InChI=1S/C17H13Cl2NO2S/c18-15-6-1-13(2-7-15)5-10-17(21)20-23(22)12-11-14-3-8-16(19)9-4-14/h1-12H,(H,20,21)/b10-5+,12-11-. The van der Waals surface area contributed by atoms with Crippen molar-refractivity contribution in [3.63, 3.8) is 0 Å². The van der Waals surface area contributed by atoms with Crippen LogP contribution in [-0.4, -0.2) is 10.1 Å². The predicted octanol–water partition coefficient (Wildman–Crippen LogP) is 4.46. The summed E-state index contributed by atoms with van der Waals surface area (Å²) in [6.45, 7) is 0. The van der Waals surface area contributed by atoms with Crippen LogP contribution in [0.4, 0.5) is 0 Å². The fourth-order valence-corrected chi connectivity index (χ4v) is 2.49. The van der Waals surface area contributed by atoms with Gasteiger partial charge in [-0.05, 0) is 47.5 Å². The first kappa shape index (κ1) is 17.5. The molecule has 0 aliphatic heterocycles. The molecule has 0 spiro atoms. The van der Waals surface area contributed by atoms with Gasteiger partial charge < -0.3 is 0 Å². The Morgan fingerprint density at radius 2 is 1.35 bits per heavy atom. The Morgan fingerprint density at radius 3 is 1.87 bits per heavy atom. The first-order valence-electron chi connectivity index (χ1n) is 6.61. The van der Waals surface area contributed by atoms with Crippen LogP contribution in [0.15, 0.2) is 60.0 Å². The molecule has 0 saturated heterocycles. The number of hydrogen-bond donors (Lipinski definition) is 1. The Balaban J connectivity index is 1.88. The van der Waals surface area contributed by atoms with Gasteiger partial charge in [0.1, 0.15) is 11.0 Å². The van der Waals surface area contributed by atoms with Crippen molar-refractivity contribution in [2.45, 2.75) is 0 Å². The minimum Gasteiger partial charge on any atom is -0.269 e. The summed E-state index contributed by atoms with van der Waals surface area (Å²) in [6.07, 6.45) is 4.58. The van der Waals surface area contributed by atoms with Gasteiger partial charge in [-0.25, -0.2) is 4.21 Å². The number of carbonyl (C=O) groups is 1. The van der Waals surface area contributed by atoms with Gasteiger partial charge in [0.05, 0.1) is 0 Å². The van der Waals surface area contributed by atoms with Crippen molar-refractivity contribution in [3.8, 4) is 0 Å². The van der Waals surface area contributed by atoms with E-state index in [0.29, 0.717) is 10.0 Å². The third-order valence-electron chi connectivity index (χ3n) is 2.75. The van der Waals surface area contributed by atoms with E-state index in [1.807, 2.05) is 0 Å². The molecule has 3 nitrogen and oxygen atoms in total. The van der Waals surface area contributed by atoms with Gasteiger partial charge in [-0.1, -0.05) is 47.5 Å². The number of rotatable bonds is 5. The number of benzene rings is 2. The third kappa shape index (κ3) is 6.40. The molecule has 0 bridgehead atoms. The first-order chi connectivity index (χ1) is 11.0. The third-order valence-corrected chi connectivity index (χ3v) is 4.04. The van der Waals surface area contributed by atoms with Crippen LogP contribution in [0.2, 0.25) is 10.0 Å². The monoisotopic (exact) mass is 365 g/mol. The molecule has 6 heteroatoms. The van der Waals surface area contributed by atoms with E-state index in [4.69, 9.17) is 23.2 Å².